The molecule has 1 aromatic heterocycles. The van der Waals surface area contributed by atoms with Crippen LogP contribution < -0.4 is 10.1 Å². The van der Waals surface area contributed by atoms with Gasteiger partial charge in [-0.3, -0.25) is 9.59 Å². The van der Waals surface area contributed by atoms with Crippen LogP contribution >= 0.6 is 11.3 Å². The van der Waals surface area contributed by atoms with Crippen molar-refractivity contribution in [3.63, 3.8) is 0 Å². The van der Waals surface area contributed by atoms with Crippen LogP contribution in [0, 0.1) is 0 Å². The van der Waals surface area contributed by atoms with Gasteiger partial charge in [-0.1, -0.05) is 0 Å². The monoisotopic (exact) mass is 273 g/mol. The molecule has 1 amide bonds. The van der Waals surface area contributed by atoms with E-state index in [-0.39, 0.29) is 5.91 Å². The molecule has 96 valence electrons. The smallest absolute Gasteiger partial charge is 0.227 e. The highest BCUT2D eigenvalue weighted by Crippen LogP contribution is 2.34. The minimum atomic E-state index is -0.0457. The summed E-state index contributed by atoms with van der Waals surface area (Å²) in [5.41, 5.74) is 1.64. The van der Waals surface area contributed by atoms with E-state index in [2.05, 4.69) is 5.32 Å². The minimum Gasteiger partial charge on any atom is -0.491 e. The zero-order chi connectivity index (χ0) is 13.2. The van der Waals surface area contributed by atoms with E-state index in [9.17, 15) is 9.59 Å². The zero-order valence-electron chi connectivity index (χ0n) is 10.0. The Kier molecular flexibility index (Phi) is 3.05. The van der Waals surface area contributed by atoms with E-state index >= 15 is 0 Å². The first kappa shape index (κ1) is 11.9. The molecule has 2 aromatic rings. The van der Waals surface area contributed by atoms with Crippen molar-refractivity contribution in [3.05, 3.63) is 35.2 Å². The van der Waals surface area contributed by atoms with Crippen LogP contribution in [-0.2, 0) is 4.79 Å². The second kappa shape index (κ2) is 4.85. The maximum absolute atomic E-state index is 11.5. The number of hydrogen-bond donors (Lipinski definition) is 1. The average Bonchev–Trinajstić information content (AvgIpc) is 2.81. The van der Waals surface area contributed by atoms with Crippen molar-refractivity contribution in [1.82, 2.24) is 0 Å². The Morgan fingerprint density at radius 3 is 2.95 bits per heavy atom. The number of carbonyl (C=O) groups is 2. The summed E-state index contributed by atoms with van der Waals surface area (Å²) in [5.74, 6) is 0.637. The minimum absolute atomic E-state index is 0.0457. The number of aldehydes is 1. The fraction of sp³-hybridized carbons (Fsp3) is 0.143. The van der Waals surface area contributed by atoms with Crippen molar-refractivity contribution in [2.24, 2.45) is 0 Å². The van der Waals surface area contributed by atoms with Gasteiger partial charge in [0.2, 0.25) is 5.91 Å². The van der Waals surface area contributed by atoms with Crippen LogP contribution in [0.5, 0.6) is 5.75 Å². The largest absolute Gasteiger partial charge is 0.491 e. The Morgan fingerprint density at radius 1 is 1.26 bits per heavy atom. The summed E-state index contributed by atoms with van der Waals surface area (Å²) in [4.78, 5) is 23.9. The number of ether oxygens (including phenoxy) is 1. The lowest BCUT2D eigenvalue weighted by atomic mass is 10.1. The fourth-order valence-electron chi connectivity index (χ4n) is 1.94. The second-order valence-corrected chi connectivity index (χ2v) is 5.29. The average molecular weight is 273 g/mol. The Bertz CT molecular complexity index is 648. The van der Waals surface area contributed by atoms with Crippen molar-refractivity contribution >= 4 is 29.2 Å². The van der Waals surface area contributed by atoms with Gasteiger partial charge in [0.1, 0.15) is 5.75 Å². The Hall–Kier alpha value is -2.14. The van der Waals surface area contributed by atoms with Gasteiger partial charge in [0.05, 0.1) is 23.6 Å². The third-order valence-electron chi connectivity index (χ3n) is 2.87. The maximum Gasteiger partial charge on any atom is 0.227 e. The highest BCUT2D eigenvalue weighted by atomic mass is 32.1. The quantitative estimate of drug-likeness (QED) is 0.856. The van der Waals surface area contributed by atoms with Crippen LogP contribution in [0.3, 0.4) is 0 Å². The molecule has 1 N–H and O–H groups in total. The van der Waals surface area contributed by atoms with Crippen molar-refractivity contribution in [1.29, 1.82) is 0 Å². The summed E-state index contributed by atoms with van der Waals surface area (Å²) in [6.07, 6.45) is 1.20. The molecule has 3 rings (SSSR count). The highest BCUT2D eigenvalue weighted by Gasteiger charge is 2.14. The number of anilines is 1. The SMILES string of the molecule is O=Cc1ccc(-c2ccc3c(c2)NC(=O)CCO3)s1. The lowest BCUT2D eigenvalue weighted by molar-refractivity contribution is -0.116. The number of nitrogens with one attached hydrogen (secondary N) is 1. The molecular weight excluding hydrogens is 262 g/mol. The molecule has 1 aliphatic heterocycles. The molecule has 0 bridgehead atoms. The third-order valence-corrected chi connectivity index (χ3v) is 3.93. The summed E-state index contributed by atoms with van der Waals surface area (Å²) >= 11 is 1.42. The normalized spacial score (nSPS) is 14.0. The van der Waals surface area contributed by atoms with Gasteiger partial charge in [0, 0.05) is 4.88 Å². The third kappa shape index (κ3) is 2.37. The second-order valence-electron chi connectivity index (χ2n) is 4.18. The van der Waals surface area contributed by atoms with E-state index in [0.717, 1.165) is 16.7 Å². The van der Waals surface area contributed by atoms with Crippen molar-refractivity contribution in [2.75, 3.05) is 11.9 Å². The number of carbonyl (C=O) groups excluding carboxylic acids is 2. The summed E-state index contributed by atoms with van der Waals surface area (Å²) in [6.45, 7) is 0.395. The number of amides is 1. The van der Waals surface area contributed by atoms with Gasteiger partial charge >= 0.3 is 0 Å². The number of benzene rings is 1. The molecule has 2 heterocycles. The number of hydrogen-bond acceptors (Lipinski definition) is 4. The van der Waals surface area contributed by atoms with Gasteiger partial charge in [-0.15, -0.1) is 11.3 Å². The Labute approximate surface area is 114 Å². The summed E-state index contributed by atoms with van der Waals surface area (Å²) in [5, 5.41) is 2.82. The summed E-state index contributed by atoms with van der Waals surface area (Å²) in [6, 6.07) is 9.33. The predicted molar refractivity (Wildman–Crippen MR) is 73.9 cm³/mol. The zero-order valence-corrected chi connectivity index (χ0v) is 10.8. The number of fused-ring (bicyclic) bond motifs is 1. The van der Waals surface area contributed by atoms with E-state index in [0.29, 0.717) is 29.3 Å². The molecule has 1 aliphatic rings. The predicted octanol–water partition coefficient (Wildman–Crippen LogP) is 2.95. The molecule has 0 fully saturated rings. The summed E-state index contributed by atoms with van der Waals surface area (Å²) < 4.78 is 5.50. The molecule has 19 heavy (non-hydrogen) atoms. The molecule has 0 spiro atoms. The topological polar surface area (TPSA) is 55.4 Å². The lowest BCUT2D eigenvalue weighted by Crippen LogP contribution is -2.10. The van der Waals surface area contributed by atoms with Gasteiger partial charge in [0.25, 0.3) is 0 Å². The maximum atomic E-state index is 11.5. The fourth-order valence-corrected chi connectivity index (χ4v) is 2.76. The van der Waals surface area contributed by atoms with E-state index in [1.54, 1.807) is 6.07 Å². The van der Waals surface area contributed by atoms with Crippen LogP contribution in [0.2, 0.25) is 0 Å². The van der Waals surface area contributed by atoms with Gasteiger partial charge < -0.3 is 10.1 Å². The van der Waals surface area contributed by atoms with Crippen LogP contribution in [0.25, 0.3) is 10.4 Å². The molecule has 0 saturated carbocycles. The molecule has 0 aliphatic carbocycles. The van der Waals surface area contributed by atoms with Crippen LogP contribution in [0.15, 0.2) is 30.3 Å². The molecule has 0 saturated heterocycles. The van der Waals surface area contributed by atoms with E-state index in [1.165, 1.54) is 11.3 Å². The first-order valence-corrected chi connectivity index (χ1v) is 6.70. The van der Waals surface area contributed by atoms with Gasteiger partial charge in [-0.2, -0.15) is 0 Å². The molecule has 1 aromatic carbocycles. The molecule has 0 atom stereocenters. The van der Waals surface area contributed by atoms with Gasteiger partial charge in [-0.25, -0.2) is 0 Å². The van der Waals surface area contributed by atoms with Gasteiger partial charge in [0.15, 0.2) is 6.29 Å². The van der Waals surface area contributed by atoms with Crippen LogP contribution in [0.1, 0.15) is 16.1 Å². The van der Waals surface area contributed by atoms with Crippen LogP contribution in [-0.4, -0.2) is 18.8 Å². The van der Waals surface area contributed by atoms with Gasteiger partial charge in [-0.05, 0) is 35.9 Å². The summed E-state index contributed by atoms with van der Waals surface area (Å²) in [7, 11) is 0. The number of rotatable bonds is 2. The van der Waals surface area contributed by atoms with Crippen molar-refractivity contribution < 1.29 is 14.3 Å². The molecule has 0 radical (unpaired) electrons. The van der Waals surface area contributed by atoms with Crippen LogP contribution in [0.4, 0.5) is 5.69 Å². The van der Waals surface area contributed by atoms with E-state index in [1.807, 2.05) is 24.3 Å². The Balaban J connectivity index is 2.00. The number of thiophene rings is 1. The molecular formula is C14H11NO3S. The Morgan fingerprint density at radius 2 is 2.16 bits per heavy atom. The van der Waals surface area contributed by atoms with Crippen molar-refractivity contribution in [2.45, 2.75) is 6.42 Å². The highest BCUT2D eigenvalue weighted by molar-refractivity contribution is 7.17. The molecule has 4 nitrogen and oxygen atoms in total. The standard InChI is InChI=1S/C14H11NO3S/c16-8-10-2-4-13(19-10)9-1-3-12-11(7-9)15-14(17)5-6-18-12/h1-4,7-8H,5-6H2,(H,15,17). The van der Waals surface area contributed by atoms with Crippen molar-refractivity contribution in [3.8, 4) is 16.2 Å². The van der Waals surface area contributed by atoms with E-state index in [4.69, 9.17) is 4.74 Å². The molecule has 5 heteroatoms. The first-order chi connectivity index (χ1) is 9.26. The first-order valence-electron chi connectivity index (χ1n) is 5.88. The lowest BCUT2D eigenvalue weighted by Gasteiger charge is -2.08. The van der Waals surface area contributed by atoms with E-state index < -0.39 is 0 Å². The molecule has 0 unspecified atom stereocenters.